The number of ether oxygens (including phenoxy) is 1. The summed E-state index contributed by atoms with van der Waals surface area (Å²) in [4.78, 5) is 17.7. The molecule has 6 nitrogen and oxygen atoms in total. The van der Waals surface area contributed by atoms with E-state index in [1.165, 1.54) is 12.1 Å². The Kier molecular flexibility index (Phi) is 6.01. The molecule has 2 aromatic carbocycles. The molecular formula is C27H28FN3O3. The first kappa shape index (κ1) is 22.1. The van der Waals surface area contributed by atoms with Crippen LogP contribution in [0.5, 0.6) is 5.75 Å². The number of carbonyl (C=O) groups is 1. The molecule has 3 heterocycles. The van der Waals surface area contributed by atoms with Crippen molar-refractivity contribution in [1.29, 1.82) is 0 Å². The molecule has 0 saturated carbocycles. The maximum absolute atomic E-state index is 13.8. The molecule has 0 aliphatic carbocycles. The molecule has 0 N–H and O–H groups in total. The molecule has 0 radical (unpaired) electrons. The summed E-state index contributed by atoms with van der Waals surface area (Å²) in [6.07, 6.45) is 0. The Balaban J connectivity index is 1.38. The van der Waals surface area contributed by atoms with E-state index in [9.17, 15) is 9.18 Å². The molecular weight excluding hydrogens is 433 g/mol. The van der Waals surface area contributed by atoms with Crippen molar-refractivity contribution in [3.05, 3.63) is 83.5 Å². The van der Waals surface area contributed by atoms with Crippen LogP contribution in [0.1, 0.15) is 28.7 Å². The molecule has 0 atom stereocenters. The van der Waals surface area contributed by atoms with Crippen LogP contribution in [-0.4, -0.2) is 48.2 Å². The van der Waals surface area contributed by atoms with E-state index in [4.69, 9.17) is 9.15 Å². The molecule has 7 heteroatoms. The minimum atomic E-state index is -0.291. The fourth-order valence-corrected chi connectivity index (χ4v) is 4.64. The maximum atomic E-state index is 13.8. The Morgan fingerprint density at radius 2 is 1.82 bits per heavy atom. The number of amides is 1. The predicted molar refractivity (Wildman–Crippen MR) is 130 cm³/mol. The van der Waals surface area contributed by atoms with Crippen LogP contribution < -0.4 is 9.64 Å². The van der Waals surface area contributed by atoms with E-state index in [1.807, 2.05) is 53.6 Å². The van der Waals surface area contributed by atoms with E-state index in [2.05, 4.69) is 11.0 Å². The third-order valence-electron chi connectivity index (χ3n) is 6.23. The van der Waals surface area contributed by atoms with E-state index < -0.39 is 0 Å². The van der Waals surface area contributed by atoms with Gasteiger partial charge >= 0.3 is 0 Å². The highest BCUT2D eigenvalue weighted by Crippen LogP contribution is 2.30. The number of rotatable bonds is 6. The number of benzene rings is 2. The van der Waals surface area contributed by atoms with Crippen LogP contribution in [0.15, 0.2) is 65.1 Å². The predicted octanol–water partition coefficient (Wildman–Crippen LogP) is 5.09. The first-order chi connectivity index (χ1) is 16.5. The van der Waals surface area contributed by atoms with Crippen LogP contribution in [0.2, 0.25) is 0 Å². The highest BCUT2D eigenvalue weighted by atomic mass is 19.1. The summed E-state index contributed by atoms with van der Waals surface area (Å²) in [5.74, 6) is 1.31. The van der Waals surface area contributed by atoms with E-state index >= 15 is 0 Å². The van der Waals surface area contributed by atoms with Crippen LogP contribution in [0.25, 0.3) is 11.1 Å². The number of nitrogens with zero attached hydrogens (tertiary/aromatic N) is 3. The number of aryl methyl sites for hydroxylation is 1. The highest BCUT2D eigenvalue weighted by molar-refractivity contribution is 5.98. The van der Waals surface area contributed by atoms with Crippen molar-refractivity contribution in [3.8, 4) is 5.75 Å². The molecule has 176 valence electrons. The molecule has 1 fully saturated rings. The lowest BCUT2D eigenvalue weighted by Crippen LogP contribution is -2.49. The van der Waals surface area contributed by atoms with Gasteiger partial charge in [0.1, 0.15) is 23.0 Å². The smallest absolute Gasteiger partial charge is 0.270 e. The van der Waals surface area contributed by atoms with Gasteiger partial charge in [-0.15, -0.1) is 0 Å². The van der Waals surface area contributed by atoms with Gasteiger partial charge in [-0.3, -0.25) is 4.79 Å². The summed E-state index contributed by atoms with van der Waals surface area (Å²) in [6.45, 7) is 7.50. The van der Waals surface area contributed by atoms with Crippen molar-refractivity contribution in [2.45, 2.75) is 20.4 Å². The SMILES string of the molecule is CCOc1ccccc1N1CCN(C(=O)c2cc3oc(C)cc3n2Cc2cccc(F)c2)CC1. The second-order valence-electron chi connectivity index (χ2n) is 8.53. The zero-order chi connectivity index (χ0) is 23.7. The summed E-state index contributed by atoms with van der Waals surface area (Å²) in [6, 6.07) is 18.2. The van der Waals surface area contributed by atoms with Crippen LogP contribution in [0, 0.1) is 12.7 Å². The fraction of sp³-hybridized carbons (Fsp3) is 0.296. The molecule has 1 amide bonds. The molecule has 0 unspecified atom stereocenters. The summed E-state index contributed by atoms with van der Waals surface area (Å²) in [5, 5.41) is 0. The number of piperazine rings is 1. The van der Waals surface area contributed by atoms with Crippen molar-refractivity contribution in [3.63, 3.8) is 0 Å². The zero-order valence-corrected chi connectivity index (χ0v) is 19.5. The lowest BCUT2D eigenvalue weighted by Gasteiger charge is -2.36. The van der Waals surface area contributed by atoms with Gasteiger partial charge in [0, 0.05) is 44.9 Å². The minimum Gasteiger partial charge on any atom is -0.492 e. The number of aromatic nitrogens is 1. The minimum absolute atomic E-state index is 0.0433. The molecule has 5 rings (SSSR count). The number of carbonyl (C=O) groups excluding carboxylic acids is 1. The second-order valence-corrected chi connectivity index (χ2v) is 8.53. The first-order valence-corrected chi connectivity index (χ1v) is 11.6. The fourth-order valence-electron chi connectivity index (χ4n) is 4.64. The number of furan rings is 1. The van der Waals surface area contributed by atoms with Gasteiger partial charge in [0.05, 0.1) is 17.8 Å². The monoisotopic (exact) mass is 461 g/mol. The number of anilines is 1. The number of para-hydroxylation sites is 2. The molecule has 34 heavy (non-hydrogen) atoms. The molecule has 2 aromatic heterocycles. The number of hydrogen-bond donors (Lipinski definition) is 0. The van der Waals surface area contributed by atoms with Gasteiger partial charge in [-0.2, -0.15) is 0 Å². The van der Waals surface area contributed by atoms with E-state index in [0.29, 0.717) is 37.5 Å². The van der Waals surface area contributed by atoms with Crippen LogP contribution in [-0.2, 0) is 6.54 Å². The average molecular weight is 462 g/mol. The van der Waals surface area contributed by atoms with Gasteiger partial charge in [0.25, 0.3) is 5.91 Å². The Morgan fingerprint density at radius 3 is 2.59 bits per heavy atom. The van der Waals surface area contributed by atoms with Gasteiger partial charge in [-0.1, -0.05) is 24.3 Å². The topological polar surface area (TPSA) is 50.9 Å². The van der Waals surface area contributed by atoms with Crippen molar-refractivity contribution in [1.82, 2.24) is 9.47 Å². The normalized spacial score (nSPS) is 14.1. The summed E-state index contributed by atoms with van der Waals surface area (Å²) in [5.41, 5.74) is 3.92. The molecule has 1 aliphatic rings. The Bertz CT molecular complexity index is 1320. The number of hydrogen-bond acceptors (Lipinski definition) is 4. The lowest BCUT2D eigenvalue weighted by molar-refractivity contribution is 0.0736. The Hall–Kier alpha value is -3.74. The molecule has 0 bridgehead atoms. The van der Waals surface area contributed by atoms with Gasteiger partial charge < -0.3 is 23.5 Å². The third kappa shape index (κ3) is 4.25. The van der Waals surface area contributed by atoms with Gasteiger partial charge in [-0.25, -0.2) is 4.39 Å². The van der Waals surface area contributed by atoms with Crippen LogP contribution in [0.3, 0.4) is 0 Å². The Labute approximate surface area is 198 Å². The Morgan fingerprint density at radius 1 is 1.03 bits per heavy atom. The van der Waals surface area contributed by atoms with E-state index in [-0.39, 0.29) is 11.7 Å². The van der Waals surface area contributed by atoms with Gasteiger partial charge in [0.15, 0.2) is 5.58 Å². The van der Waals surface area contributed by atoms with E-state index in [1.54, 1.807) is 12.1 Å². The lowest BCUT2D eigenvalue weighted by atomic mass is 10.2. The van der Waals surface area contributed by atoms with Crippen molar-refractivity contribution < 1.29 is 18.3 Å². The van der Waals surface area contributed by atoms with Crippen molar-refractivity contribution >= 4 is 22.7 Å². The third-order valence-corrected chi connectivity index (χ3v) is 6.23. The zero-order valence-electron chi connectivity index (χ0n) is 19.5. The van der Waals surface area contributed by atoms with Crippen molar-refractivity contribution in [2.75, 3.05) is 37.7 Å². The quantitative estimate of drug-likeness (QED) is 0.401. The van der Waals surface area contributed by atoms with Gasteiger partial charge in [0.2, 0.25) is 0 Å². The standard InChI is InChI=1S/C27H28FN3O3/c1-3-33-25-10-5-4-9-22(25)29-11-13-30(14-12-29)27(32)24-17-26-23(15-19(2)34-26)31(24)18-20-7-6-8-21(28)16-20/h4-10,15-17H,3,11-14,18H2,1-2H3. The highest BCUT2D eigenvalue weighted by Gasteiger charge is 2.27. The summed E-state index contributed by atoms with van der Waals surface area (Å²) in [7, 11) is 0. The molecule has 1 saturated heterocycles. The van der Waals surface area contributed by atoms with Crippen molar-refractivity contribution in [2.24, 2.45) is 0 Å². The van der Waals surface area contributed by atoms with Crippen LogP contribution >= 0.6 is 0 Å². The molecule has 0 spiro atoms. The molecule has 4 aromatic rings. The van der Waals surface area contributed by atoms with E-state index in [0.717, 1.165) is 41.4 Å². The average Bonchev–Trinajstić information content (AvgIpc) is 3.36. The maximum Gasteiger partial charge on any atom is 0.270 e. The summed E-state index contributed by atoms with van der Waals surface area (Å²) >= 11 is 0. The first-order valence-electron chi connectivity index (χ1n) is 11.6. The second kappa shape index (κ2) is 9.25. The number of fused-ring (bicyclic) bond motifs is 1. The van der Waals surface area contributed by atoms with Gasteiger partial charge in [-0.05, 0) is 43.7 Å². The largest absolute Gasteiger partial charge is 0.492 e. The summed E-state index contributed by atoms with van der Waals surface area (Å²) < 4.78 is 27.3. The number of halogens is 1. The molecule has 1 aliphatic heterocycles. The van der Waals surface area contributed by atoms with Crippen LogP contribution in [0.4, 0.5) is 10.1 Å².